The average Bonchev–Trinajstić information content (AvgIpc) is 2.49. The van der Waals surface area contributed by atoms with Crippen LogP contribution in [-0.4, -0.2) is 32.3 Å². The van der Waals surface area contributed by atoms with E-state index in [1.54, 1.807) is 0 Å². The van der Waals surface area contributed by atoms with Gasteiger partial charge in [-0.1, -0.05) is 0 Å². The van der Waals surface area contributed by atoms with Crippen LogP contribution in [0.1, 0.15) is 19.8 Å². The molecule has 2 unspecified atom stereocenters. The van der Waals surface area contributed by atoms with Gasteiger partial charge in [0.05, 0.1) is 6.61 Å². The van der Waals surface area contributed by atoms with Crippen molar-refractivity contribution in [3.05, 3.63) is 0 Å². The lowest BCUT2D eigenvalue weighted by Crippen LogP contribution is -2.28. The van der Waals surface area contributed by atoms with E-state index in [0.717, 1.165) is 38.6 Å². The Kier molecular flexibility index (Phi) is 4.58. The van der Waals surface area contributed by atoms with Crippen LogP contribution in [0.4, 0.5) is 0 Å². The van der Waals surface area contributed by atoms with E-state index in [0.29, 0.717) is 6.04 Å². The van der Waals surface area contributed by atoms with Crippen molar-refractivity contribution in [3.8, 4) is 0 Å². The van der Waals surface area contributed by atoms with Gasteiger partial charge in [0.1, 0.15) is 0 Å². The molecule has 0 bridgehead atoms. The van der Waals surface area contributed by atoms with Crippen molar-refractivity contribution in [2.75, 3.05) is 26.3 Å². The van der Waals surface area contributed by atoms with Gasteiger partial charge in [0.15, 0.2) is 0 Å². The fraction of sp³-hybridized carbons (Fsp3) is 1.00. The fourth-order valence-corrected chi connectivity index (χ4v) is 1.38. The number of rotatable bonds is 5. The normalized spacial score (nSPS) is 26.0. The largest absolute Gasteiger partial charge is 0.381 e. The first kappa shape index (κ1) is 9.96. The maximum Gasteiger partial charge on any atom is 0.0507 e. The van der Waals surface area contributed by atoms with Gasteiger partial charge in [-0.15, -0.1) is 0 Å². The van der Waals surface area contributed by atoms with Gasteiger partial charge in [-0.25, -0.2) is 0 Å². The standard InChI is InChI=1S/C9H20N2O/c1-8(10)2-4-11-6-9-3-5-12-7-9/h8-9,11H,2-7,10H2,1H3. The molecule has 0 aromatic heterocycles. The van der Waals surface area contributed by atoms with Crippen molar-refractivity contribution in [2.45, 2.75) is 25.8 Å². The summed E-state index contributed by atoms with van der Waals surface area (Å²) in [6.07, 6.45) is 2.28. The second-order valence-electron chi connectivity index (χ2n) is 3.70. The summed E-state index contributed by atoms with van der Waals surface area (Å²) in [6.45, 7) is 6.05. The van der Waals surface area contributed by atoms with Gasteiger partial charge < -0.3 is 15.8 Å². The van der Waals surface area contributed by atoms with Gasteiger partial charge >= 0.3 is 0 Å². The lowest BCUT2D eigenvalue weighted by atomic mass is 10.1. The highest BCUT2D eigenvalue weighted by Gasteiger charge is 2.14. The van der Waals surface area contributed by atoms with Crippen molar-refractivity contribution < 1.29 is 4.74 Å². The Labute approximate surface area is 74.7 Å². The van der Waals surface area contributed by atoms with Crippen molar-refractivity contribution in [1.29, 1.82) is 0 Å². The molecule has 1 fully saturated rings. The van der Waals surface area contributed by atoms with Crippen molar-refractivity contribution in [3.63, 3.8) is 0 Å². The quantitative estimate of drug-likeness (QED) is 0.588. The summed E-state index contributed by atoms with van der Waals surface area (Å²) in [4.78, 5) is 0. The molecule has 1 aliphatic heterocycles. The highest BCUT2D eigenvalue weighted by atomic mass is 16.5. The molecule has 0 spiro atoms. The molecular weight excluding hydrogens is 152 g/mol. The van der Waals surface area contributed by atoms with Crippen LogP contribution in [-0.2, 0) is 4.74 Å². The van der Waals surface area contributed by atoms with E-state index in [9.17, 15) is 0 Å². The molecule has 2 atom stereocenters. The summed E-state index contributed by atoms with van der Waals surface area (Å²) < 4.78 is 5.27. The zero-order chi connectivity index (χ0) is 8.81. The van der Waals surface area contributed by atoms with Gasteiger partial charge in [-0.2, -0.15) is 0 Å². The van der Waals surface area contributed by atoms with Crippen LogP contribution in [0.25, 0.3) is 0 Å². The van der Waals surface area contributed by atoms with Gasteiger partial charge in [0.2, 0.25) is 0 Å². The number of hydrogen-bond acceptors (Lipinski definition) is 3. The summed E-state index contributed by atoms with van der Waals surface area (Å²) in [5, 5.41) is 3.40. The van der Waals surface area contributed by atoms with Crippen molar-refractivity contribution >= 4 is 0 Å². The third-order valence-electron chi connectivity index (χ3n) is 2.23. The molecule has 1 saturated heterocycles. The van der Waals surface area contributed by atoms with Gasteiger partial charge in [0.25, 0.3) is 0 Å². The monoisotopic (exact) mass is 172 g/mol. The summed E-state index contributed by atoms with van der Waals surface area (Å²) >= 11 is 0. The van der Waals surface area contributed by atoms with Crippen molar-refractivity contribution in [1.82, 2.24) is 5.32 Å². The molecule has 0 aromatic rings. The predicted octanol–water partition coefficient (Wildman–Crippen LogP) is 0.350. The fourth-order valence-electron chi connectivity index (χ4n) is 1.38. The van der Waals surface area contributed by atoms with E-state index in [1.807, 2.05) is 6.92 Å². The SMILES string of the molecule is CC(N)CCNCC1CCOC1. The van der Waals surface area contributed by atoms with Crippen LogP contribution in [0, 0.1) is 5.92 Å². The lowest BCUT2D eigenvalue weighted by Gasteiger charge is -2.10. The van der Waals surface area contributed by atoms with Crippen LogP contribution in [0.2, 0.25) is 0 Å². The third-order valence-corrected chi connectivity index (χ3v) is 2.23. The Balaban J connectivity index is 1.88. The van der Waals surface area contributed by atoms with Gasteiger partial charge in [0, 0.05) is 19.2 Å². The first-order chi connectivity index (χ1) is 5.79. The number of ether oxygens (including phenoxy) is 1. The minimum absolute atomic E-state index is 0.317. The first-order valence-electron chi connectivity index (χ1n) is 4.83. The van der Waals surface area contributed by atoms with Crippen LogP contribution >= 0.6 is 0 Å². The van der Waals surface area contributed by atoms with Crippen LogP contribution in [0.15, 0.2) is 0 Å². The van der Waals surface area contributed by atoms with Gasteiger partial charge in [-0.3, -0.25) is 0 Å². The highest BCUT2D eigenvalue weighted by molar-refractivity contribution is 4.67. The molecule has 3 heteroatoms. The number of nitrogens with one attached hydrogen (secondary N) is 1. The first-order valence-corrected chi connectivity index (χ1v) is 4.83. The van der Waals surface area contributed by atoms with Crippen LogP contribution in [0.5, 0.6) is 0 Å². The Bertz CT molecular complexity index is 111. The molecule has 0 radical (unpaired) electrons. The second-order valence-corrected chi connectivity index (χ2v) is 3.70. The van der Waals surface area contributed by atoms with Crippen LogP contribution < -0.4 is 11.1 Å². The predicted molar refractivity (Wildman–Crippen MR) is 50.1 cm³/mol. The molecule has 1 rings (SSSR count). The molecular formula is C9H20N2O. The Morgan fingerprint density at radius 3 is 3.08 bits per heavy atom. The zero-order valence-electron chi connectivity index (χ0n) is 7.88. The second kappa shape index (κ2) is 5.51. The van der Waals surface area contributed by atoms with E-state index < -0.39 is 0 Å². The van der Waals surface area contributed by atoms with E-state index in [4.69, 9.17) is 10.5 Å². The molecule has 3 nitrogen and oxygen atoms in total. The molecule has 72 valence electrons. The Hall–Kier alpha value is -0.120. The highest BCUT2D eigenvalue weighted by Crippen LogP contribution is 2.10. The van der Waals surface area contributed by atoms with Crippen molar-refractivity contribution in [2.24, 2.45) is 11.7 Å². The minimum Gasteiger partial charge on any atom is -0.381 e. The van der Waals surface area contributed by atoms with E-state index in [1.165, 1.54) is 6.42 Å². The lowest BCUT2D eigenvalue weighted by molar-refractivity contribution is 0.185. The Morgan fingerprint density at radius 1 is 1.67 bits per heavy atom. The summed E-state index contributed by atoms with van der Waals surface area (Å²) in [7, 11) is 0. The Morgan fingerprint density at radius 2 is 2.50 bits per heavy atom. The van der Waals surface area contributed by atoms with Crippen LogP contribution in [0.3, 0.4) is 0 Å². The molecule has 0 amide bonds. The summed E-state index contributed by atoms with van der Waals surface area (Å²) in [6, 6.07) is 0.317. The molecule has 1 heterocycles. The molecule has 0 saturated carbocycles. The van der Waals surface area contributed by atoms with E-state index in [-0.39, 0.29) is 0 Å². The molecule has 1 aliphatic rings. The summed E-state index contributed by atoms with van der Waals surface area (Å²) in [5.74, 6) is 0.734. The average molecular weight is 172 g/mol. The van der Waals surface area contributed by atoms with Gasteiger partial charge in [-0.05, 0) is 32.2 Å². The smallest absolute Gasteiger partial charge is 0.0507 e. The molecule has 12 heavy (non-hydrogen) atoms. The minimum atomic E-state index is 0.317. The van der Waals surface area contributed by atoms with E-state index >= 15 is 0 Å². The maximum absolute atomic E-state index is 5.62. The number of hydrogen-bond donors (Lipinski definition) is 2. The summed E-state index contributed by atoms with van der Waals surface area (Å²) in [5.41, 5.74) is 5.62. The third kappa shape index (κ3) is 4.04. The topological polar surface area (TPSA) is 47.3 Å². The zero-order valence-corrected chi connectivity index (χ0v) is 7.88. The molecule has 3 N–H and O–H groups in total. The maximum atomic E-state index is 5.62. The molecule has 0 aliphatic carbocycles. The molecule has 0 aromatic carbocycles. The number of nitrogens with two attached hydrogens (primary N) is 1. The van der Waals surface area contributed by atoms with E-state index in [2.05, 4.69) is 5.32 Å².